The van der Waals surface area contributed by atoms with E-state index in [9.17, 15) is 0 Å². The van der Waals surface area contributed by atoms with Gasteiger partial charge in [0.1, 0.15) is 0 Å². The zero-order valence-corrected chi connectivity index (χ0v) is 6.55. The van der Waals surface area contributed by atoms with Gasteiger partial charge >= 0.3 is 52.3 Å². The van der Waals surface area contributed by atoms with E-state index in [-0.39, 0.29) is 74.6 Å². The molecule has 0 rings (SSSR count). The van der Waals surface area contributed by atoms with E-state index in [1.807, 2.05) is 0 Å². The van der Waals surface area contributed by atoms with Crippen molar-refractivity contribution >= 4 is 69.6 Å². The molecule has 0 spiro atoms. The summed E-state index contributed by atoms with van der Waals surface area (Å²) >= 11 is 0. The molecule has 0 amide bonds. The second-order valence-corrected chi connectivity index (χ2v) is 0.283. The van der Waals surface area contributed by atoms with Crippen LogP contribution in [0.25, 0.3) is 0 Å². The fourth-order valence-corrected chi connectivity index (χ4v) is 0. The molecule has 0 saturated carbocycles. The molecule has 0 aromatic heterocycles. The smallest absolute Gasteiger partial charge is 1.00 e. The number of rotatable bonds is 0. The van der Waals surface area contributed by atoms with E-state index in [0.717, 1.165) is 0 Å². The van der Waals surface area contributed by atoms with Gasteiger partial charge in [0.25, 0.3) is 0 Å². The van der Waals surface area contributed by atoms with E-state index in [0.29, 0.717) is 0 Å². The molecule has 46 valence electrons. The molecule has 0 aliphatic carbocycles. The Bertz CT molecular complexity index is 48.0. The van der Waals surface area contributed by atoms with E-state index >= 15 is 0 Å². The predicted molar refractivity (Wildman–Crippen MR) is 40.2 cm³/mol. The minimum Gasteiger partial charge on any atom is -1.00 e. The van der Waals surface area contributed by atoms with Crippen LogP contribution in [-0.4, -0.2) is 85.3 Å². The van der Waals surface area contributed by atoms with Crippen molar-refractivity contribution < 1.29 is 26.2 Å². The first-order valence-electron chi connectivity index (χ1n) is 0.651. The van der Waals surface area contributed by atoms with Crippen LogP contribution >= 0.6 is 0 Å². The maximum absolute atomic E-state index is 8.56. The fraction of sp³-hybridized carbons (Fsp3) is 0. The Morgan fingerprint density at radius 1 is 1.25 bits per heavy atom. The average Bonchev–Trinajstić information content (AvgIpc) is 0.811. The standard InChI is InChI=1S/CH2O3.Al.2Mg.H2O.7H/c2-1(3)4;;;;;;;;;;;/h(H2,2,3,4);;;;1H2;;;;;;;/q;;2*+2;;;;;4*-1. The quantitative estimate of drug-likeness (QED) is 0.400. The van der Waals surface area contributed by atoms with Crippen LogP contribution in [0.5, 0.6) is 0 Å². The van der Waals surface area contributed by atoms with Gasteiger partial charge in [-0.05, 0) is 0 Å². The SMILES string of the molecule is O.O=C(O)O.[AlH3].[H-].[H-].[H-].[H-].[Mg+2].[Mg+2]. The molecule has 7 heteroatoms. The predicted octanol–water partition coefficient (Wildman–Crippen LogP) is -2.10. The third kappa shape index (κ3) is 172. The fourth-order valence-electron chi connectivity index (χ4n) is 0. The Morgan fingerprint density at radius 2 is 1.25 bits per heavy atom. The van der Waals surface area contributed by atoms with Crippen LogP contribution in [-0.2, 0) is 0 Å². The van der Waals surface area contributed by atoms with Crippen molar-refractivity contribution in [2.75, 3.05) is 0 Å². The van der Waals surface area contributed by atoms with Crippen LogP contribution in [0.4, 0.5) is 4.79 Å². The molecule has 0 aliphatic rings. The minimum absolute atomic E-state index is 0. The van der Waals surface area contributed by atoms with Gasteiger partial charge in [0, 0.05) is 0 Å². The zero-order valence-electron chi connectivity index (χ0n) is 7.72. The molecule has 8 heavy (non-hydrogen) atoms. The molecule has 0 radical (unpaired) electrons. The first kappa shape index (κ1) is 34.7. The summed E-state index contributed by atoms with van der Waals surface area (Å²) in [4.78, 5) is 8.56. The van der Waals surface area contributed by atoms with Crippen LogP contribution in [0.15, 0.2) is 0 Å². The summed E-state index contributed by atoms with van der Waals surface area (Å²) < 4.78 is 0. The number of hydrogen-bond acceptors (Lipinski definition) is 1. The van der Waals surface area contributed by atoms with E-state index in [1.54, 1.807) is 0 Å². The molecule has 0 bridgehead atoms. The number of carboxylic acid groups (broad SMARTS) is 2. The van der Waals surface area contributed by atoms with Crippen LogP contribution in [0, 0.1) is 0 Å². The largest absolute Gasteiger partial charge is 2.00 e. The summed E-state index contributed by atoms with van der Waals surface area (Å²) in [6.45, 7) is 0. The topological polar surface area (TPSA) is 89.0 Å². The third-order valence-corrected chi connectivity index (χ3v) is 0. The van der Waals surface area contributed by atoms with E-state index < -0.39 is 6.16 Å². The molecular weight excluding hydrogens is 152 g/mol. The molecule has 4 N–H and O–H groups in total. The summed E-state index contributed by atoms with van der Waals surface area (Å²) in [5.41, 5.74) is 0. The van der Waals surface area contributed by atoms with Crippen molar-refractivity contribution in [1.82, 2.24) is 0 Å². The van der Waals surface area contributed by atoms with Crippen molar-refractivity contribution in [3.05, 3.63) is 0 Å². The van der Waals surface area contributed by atoms with Crippen molar-refractivity contribution in [3.8, 4) is 0 Å². The first-order valence-corrected chi connectivity index (χ1v) is 0.651. The van der Waals surface area contributed by atoms with Crippen molar-refractivity contribution in [1.29, 1.82) is 0 Å². The van der Waals surface area contributed by atoms with Gasteiger partial charge in [0.2, 0.25) is 0 Å². The Morgan fingerprint density at radius 3 is 1.25 bits per heavy atom. The van der Waals surface area contributed by atoms with Crippen molar-refractivity contribution in [2.45, 2.75) is 0 Å². The Kier molecular flexibility index (Phi) is 104. The van der Waals surface area contributed by atoms with Gasteiger partial charge in [-0.3, -0.25) is 0 Å². The molecule has 0 atom stereocenters. The van der Waals surface area contributed by atoms with Crippen molar-refractivity contribution in [3.63, 3.8) is 0 Å². The summed E-state index contributed by atoms with van der Waals surface area (Å²) in [5, 5.41) is 13.9. The van der Waals surface area contributed by atoms with Gasteiger partial charge in [0.05, 0.1) is 0 Å². The normalized spacial score (nSPS) is 3.00. The first-order chi connectivity index (χ1) is 1.73. The number of carbonyl (C=O) groups is 1. The van der Waals surface area contributed by atoms with E-state index in [4.69, 9.17) is 15.0 Å². The molecule has 0 aliphatic heterocycles. The van der Waals surface area contributed by atoms with Gasteiger partial charge in [-0.2, -0.15) is 0 Å². The van der Waals surface area contributed by atoms with Gasteiger partial charge in [0.15, 0.2) is 17.4 Å². The molecular formula is CH11AlMg2O4. The van der Waals surface area contributed by atoms with Gasteiger partial charge < -0.3 is 21.4 Å². The van der Waals surface area contributed by atoms with Crippen molar-refractivity contribution in [2.24, 2.45) is 0 Å². The molecule has 4 nitrogen and oxygen atoms in total. The van der Waals surface area contributed by atoms with Crippen LogP contribution in [0.2, 0.25) is 0 Å². The maximum Gasteiger partial charge on any atom is 2.00 e. The van der Waals surface area contributed by atoms with Gasteiger partial charge in [-0.15, -0.1) is 0 Å². The third-order valence-electron chi connectivity index (χ3n) is 0. The van der Waals surface area contributed by atoms with E-state index in [2.05, 4.69) is 0 Å². The summed E-state index contributed by atoms with van der Waals surface area (Å²) in [5.74, 6) is 0. The monoisotopic (exact) mass is 162 g/mol. The van der Waals surface area contributed by atoms with Gasteiger partial charge in [-0.1, -0.05) is 0 Å². The number of hydrogen-bond donors (Lipinski definition) is 2. The molecule has 0 fully saturated rings. The molecule has 0 unspecified atom stereocenters. The Balaban J connectivity index is -0.00000000161. The van der Waals surface area contributed by atoms with Crippen LogP contribution in [0.1, 0.15) is 5.71 Å². The average molecular weight is 163 g/mol. The summed E-state index contributed by atoms with van der Waals surface area (Å²) in [6.07, 6.45) is -1.83. The second kappa shape index (κ2) is 23.9. The maximum atomic E-state index is 8.56. The molecule has 0 aromatic rings. The van der Waals surface area contributed by atoms with Crippen LogP contribution < -0.4 is 0 Å². The molecule has 0 heterocycles. The Hall–Kier alpha value is 1.29. The Labute approximate surface area is 95.3 Å². The molecule has 0 saturated heterocycles. The second-order valence-electron chi connectivity index (χ2n) is 0.283. The summed E-state index contributed by atoms with van der Waals surface area (Å²) in [7, 11) is 0. The van der Waals surface area contributed by atoms with Crippen LogP contribution in [0.3, 0.4) is 0 Å². The summed E-state index contributed by atoms with van der Waals surface area (Å²) in [6, 6.07) is 0. The van der Waals surface area contributed by atoms with Gasteiger partial charge in [-0.25, -0.2) is 4.79 Å². The molecule has 0 aromatic carbocycles. The van der Waals surface area contributed by atoms with E-state index in [1.165, 1.54) is 0 Å². The minimum atomic E-state index is -1.83. The zero-order chi connectivity index (χ0) is 3.58.